The fourth-order valence-corrected chi connectivity index (χ4v) is 2.72. The maximum atomic E-state index is 9.99. The van der Waals surface area contributed by atoms with Gasteiger partial charge in [0.25, 0.3) is 0 Å². The van der Waals surface area contributed by atoms with Crippen molar-refractivity contribution in [2.24, 2.45) is 5.92 Å². The molecule has 1 aromatic rings. The molecule has 0 bridgehead atoms. The highest BCUT2D eigenvalue weighted by Crippen LogP contribution is 2.23. The number of rotatable bonds is 4. The molecule has 1 saturated heterocycles. The van der Waals surface area contributed by atoms with Gasteiger partial charge >= 0.3 is 0 Å². The standard InChI is InChI=1S/C17H28N2O/c1-13(2)17(20)12-18-8-10-19(11-9-18)16-7-5-6-14(3)15(16)4/h5-7,13,17,20H,8-12H2,1-4H3. The SMILES string of the molecule is Cc1cccc(N2CCN(CC(O)C(C)C)CC2)c1C. The summed E-state index contributed by atoms with van der Waals surface area (Å²) in [4.78, 5) is 4.85. The highest BCUT2D eigenvalue weighted by atomic mass is 16.3. The third kappa shape index (κ3) is 3.53. The minimum absolute atomic E-state index is 0.206. The summed E-state index contributed by atoms with van der Waals surface area (Å²) in [6.07, 6.45) is -0.206. The number of hydrogen-bond donors (Lipinski definition) is 1. The highest BCUT2D eigenvalue weighted by molar-refractivity contribution is 5.56. The molecule has 1 aliphatic heterocycles. The molecule has 2 rings (SSSR count). The van der Waals surface area contributed by atoms with Crippen molar-refractivity contribution < 1.29 is 5.11 Å². The molecule has 1 aromatic carbocycles. The maximum absolute atomic E-state index is 9.99. The quantitative estimate of drug-likeness (QED) is 0.915. The molecule has 1 aliphatic rings. The van der Waals surface area contributed by atoms with Gasteiger partial charge in [-0.2, -0.15) is 0 Å². The molecule has 0 aromatic heterocycles. The zero-order chi connectivity index (χ0) is 14.7. The molecule has 1 unspecified atom stereocenters. The molecule has 3 nitrogen and oxygen atoms in total. The summed E-state index contributed by atoms with van der Waals surface area (Å²) >= 11 is 0. The lowest BCUT2D eigenvalue weighted by atomic mass is 10.1. The van der Waals surface area contributed by atoms with Crippen LogP contribution in [0.2, 0.25) is 0 Å². The first-order valence-corrected chi connectivity index (χ1v) is 7.70. The van der Waals surface area contributed by atoms with Crippen LogP contribution in [0.1, 0.15) is 25.0 Å². The van der Waals surface area contributed by atoms with E-state index in [9.17, 15) is 5.11 Å². The number of aliphatic hydroxyl groups is 1. The summed E-state index contributed by atoms with van der Waals surface area (Å²) in [5.41, 5.74) is 4.12. The Morgan fingerprint density at radius 2 is 1.75 bits per heavy atom. The second kappa shape index (κ2) is 6.59. The third-order valence-electron chi connectivity index (χ3n) is 4.50. The van der Waals surface area contributed by atoms with E-state index in [1.54, 1.807) is 0 Å². The molecule has 112 valence electrons. The number of piperazine rings is 1. The fraction of sp³-hybridized carbons (Fsp3) is 0.647. The largest absolute Gasteiger partial charge is 0.392 e. The Balaban J connectivity index is 1.93. The van der Waals surface area contributed by atoms with E-state index >= 15 is 0 Å². The smallest absolute Gasteiger partial charge is 0.0689 e. The first-order valence-electron chi connectivity index (χ1n) is 7.70. The number of anilines is 1. The molecule has 1 N–H and O–H groups in total. The van der Waals surface area contributed by atoms with Gasteiger partial charge in [-0.1, -0.05) is 26.0 Å². The van der Waals surface area contributed by atoms with Gasteiger partial charge in [-0.3, -0.25) is 4.90 Å². The lowest BCUT2D eigenvalue weighted by molar-refractivity contribution is 0.0739. The summed E-state index contributed by atoms with van der Waals surface area (Å²) < 4.78 is 0. The molecule has 1 fully saturated rings. The van der Waals surface area contributed by atoms with Gasteiger partial charge in [0.2, 0.25) is 0 Å². The van der Waals surface area contributed by atoms with E-state index in [0.717, 1.165) is 32.7 Å². The minimum Gasteiger partial charge on any atom is -0.392 e. The van der Waals surface area contributed by atoms with Crippen LogP contribution in [0.4, 0.5) is 5.69 Å². The van der Waals surface area contributed by atoms with Crippen molar-refractivity contribution in [3.8, 4) is 0 Å². The molecular weight excluding hydrogens is 248 g/mol. The van der Waals surface area contributed by atoms with Gasteiger partial charge in [-0.05, 0) is 37.0 Å². The molecule has 1 atom stereocenters. The molecule has 1 heterocycles. The average molecular weight is 276 g/mol. The number of nitrogens with zero attached hydrogens (tertiary/aromatic N) is 2. The van der Waals surface area contributed by atoms with Crippen molar-refractivity contribution >= 4 is 5.69 Å². The topological polar surface area (TPSA) is 26.7 Å². The second-order valence-electron chi connectivity index (χ2n) is 6.32. The van der Waals surface area contributed by atoms with Crippen LogP contribution < -0.4 is 4.90 Å². The van der Waals surface area contributed by atoms with Crippen molar-refractivity contribution in [1.82, 2.24) is 4.90 Å². The van der Waals surface area contributed by atoms with Crippen LogP contribution in [-0.2, 0) is 0 Å². The number of aliphatic hydroxyl groups excluding tert-OH is 1. The number of β-amino-alcohol motifs (C(OH)–C–C–N with tert-alkyl or cyclic N) is 1. The predicted octanol–water partition coefficient (Wildman–Crippen LogP) is 2.44. The fourth-order valence-electron chi connectivity index (χ4n) is 2.72. The molecule has 0 aliphatic carbocycles. The summed E-state index contributed by atoms with van der Waals surface area (Å²) in [7, 11) is 0. The Labute approximate surface area is 123 Å². The van der Waals surface area contributed by atoms with Crippen LogP contribution in [0.5, 0.6) is 0 Å². The van der Waals surface area contributed by atoms with Gasteiger partial charge in [-0.15, -0.1) is 0 Å². The first-order chi connectivity index (χ1) is 9.49. The monoisotopic (exact) mass is 276 g/mol. The van der Waals surface area contributed by atoms with Crippen LogP contribution in [0, 0.1) is 19.8 Å². The van der Waals surface area contributed by atoms with Gasteiger partial charge in [0.15, 0.2) is 0 Å². The Morgan fingerprint density at radius 1 is 1.10 bits per heavy atom. The van der Waals surface area contributed by atoms with E-state index in [4.69, 9.17) is 0 Å². The van der Waals surface area contributed by atoms with E-state index < -0.39 is 0 Å². The second-order valence-corrected chi connectivity index (χ2v) is 6.32. The molecule has 0 amide bonds. The van der Waals surface area contributed by atoms with Crippen molar-refractivity contribution in [1.29, 1.82) is 0 Å². The molecule has 3 heteroatoms. The summed E-state index contributed by atoms with van der Waals surface area (Å²) in [5.74, 6) is 0.340. The molecule has 0 saturated carbocycles. The number of aryl methyl sites for hydroxylation is 1. The van der Waals surface area contributed by atoms with Crippen LogP contribution in [0.15, 0.2) is 18.2 Å². The normalized spacial score (nSPS) is 18.6. The van der Waals surface area contributed by atoms with Gasteiger partial charge < -0.3 is 10.0 Å². The van der Waals surface area contributed by atoms with E-state index in [0.29, 0.717) is 5.92 Å². The molecule has 20 heavy (non-hydrogen) atoms. The van der Waals surface area contributed by atoms with E-state index in [-0.39, 0.29) is 6.10 Å². The van der Waals surface area contributed by atoms with E-state index in [1.807, 2.05) is 0 Å². The van der Waals surface area contributed by atoms with Crippen molar-refractivity contribution in [2.75, 3.05) is 37.6 Å². The lowest BCUT2D eigenvalue weighted by Crippen LogP contribution is -2.49. The van der Waals surface area contributed by atoms with Crippen LogP contribution in [-0.4, -0.2) is 48.8 Å². The zero-order valence-corrected chi connectivity index (χ0v) is 13.3. The van der Waals surface area contributed by atoms with Crippen molar-refractivity contribution in [3.05, 3.63) is 29.3 Å². The number of benzene rings is 1. The first kappa shape index (κ1) is 15.3. The van der Waals surface area contributed by atoms with E-state index in [1.165, 1.54) is 16.8 Å². The summed E-state index contributed by atoms with van der Waals surface area (Å²) in [6, 6.07) is 6.54. The van der Waals surface area contributed by atoms with Gasteiger partial charge in [0.05, 0.1) is 6.10 Å². The van der Waals surface area contributed by atoms with Gasteiger partial charge in [-0.25, -0.2) is 0 Å². The van der Waals surface area contributed by atoms with Crippen LogP contribution in [0.3, 0.4) is 0 Å². The Kier molecular flexibility index (Phi) is 5.06. The van der Waals surface area contributed by atoms with Crippen LogP contribution in [0.25, 0.3) is 0 Å². The Hall–Kier alpha value is -1.06. The average Bonchev–Trinajstić information content (AvgIpc) is 2.43. The maximum Gasteiger partial charge on any atom is 0.0689 e. The van der Waals surface area contributed by atoms with Crippen molar-refractivity contribution in [3.63, 3.8) is 0 Å². The zero-order valence-electron chi connectivity index (χ0n) is 13.3. The summed E-state index contributed by atoms with van der Waals surface area (Å²) in [6.45, 7) is 13.5. The third-order valence-corrected chi connectivity index (χ3v) is 4.50. The molecule has 0 radical (unpaired) electrons. The lowest BCUT2D eigenvalue weighted by Gasteiger charge is -2.38. The summed E-state index contributed by atoms with van der Waals surface area (Å²) in [5, 5.41) is 9.99. The van der Waals surface area contributed by atoms with Crippen molar-refractivity contribution in [2.45, 2.75) is 33.8 Å². The number of hydrogen-bond acceptors (Lipinski definition) is 3. The van der Waals surface area contributed by atoms with Gasteiger partial charge in [0.1, 0.15) is 0 Å². The predicted molar refractivity (Wildman–Crippen MR) is 85.4 cm³/mol. The highest BCUT2D eigenvalue weighted by Gasteiger charge is 2.21. The van der Waals surface area contributed by atoms with E-state index in [2.05, 4.69) is 55.7 Å². The minimum atomic E-state index is -0.206. The van der Waals surface area contributed by atoms with Crippen LogP contribution >= 0.6 is 0 Å². The van der Waals surface area contributed by atoms with Gasteiger partial charge in [0, 0.05) is 38.4 Å². The molecule has 0 spiro atoms. The Morgan fingerprint density at radius 3 is 2.35 bits per heavy atom. The Bertz CT molecular complexity index is 437. The molecular formula is C17H28N2O.